The number of halogens is 3. The van der Waals surface area contributed by atoms with E-state index in [9.17, 15) is 18.0 Å². The summed E-state index contributed by atoms with van der Waals surface area (Å²) in [7, 11) is 0. The summed E-state index contributed by atoms with van der Waals surface area (Å²) in [6.07, 6.45) is -4.18. The molecule has 2 heterocycles. The van der Waals surface area contributed by atoms with E-state index >= 15 is 0 Å². The Bertz CT molecular complexity index is 1200. The van der Waals surface area contributed by atoms with Crippen LogP contribution < -0.4 is 15.0 Å². The number of aromatic nitrogens is 2. The molecule has 0 saturated carbocycles. The number of amides is 1. The fraction of sp³-hybridized carbons (Fsp3) is 0.400. The van der Waals surface area contributed by atoms with Crippen molar-refractivity contribution >= 4 is 28.4 Å². The number of aliphatic hydroxyl groups is 1. The highest BCUT2D eigenvalue weighted by molar-refractivity contribution is 5.94. The van der Waals surface area contributed by atoms with Crippen LogP contribution in [0.3, 0.4) is 0 Å². The molecule has 0 atom stereocenters. The van der Waals surface area contributed by atoms with Gasteiger partial charge in [-0.3, -0.25) is 9.69 Å². The summed E-state index contributed by atoms with van der Waals surface area (Å²) in [6.45, 7) is 6.00. The summed E-state index contributed by atoms with van der Waals surface area (Å²) in [5.41, 5.74) is 2.95. The Labute approximate surface area is 206 Å². The van der Waals surface area contributed by atoms with Crippen LogP contribution in [0.4, 0.5) is 24.8 Å². The zero-order valence-corrected chi connectivity index (χ0v) is 19.9. The zero-order chi connectivity index (χ0) is 25.7. The van der Waals surface area contributed by atoms with Crippen molar-refractivity contribution in [3.05, 3.63) is 53.7 Å². The molecular formula is C25H28F3N5O3. The first-order chi connectivity index (χ1) is 17.2. The standard InChI is InChI=1S/C25H28F3N5O3/c1-17-21-16-19(30-23(35)9-4-18-2-6-20(7-3-18)36-25(26,27)28)5-8-22(21)31-24(29-17)33-12-10-32(11-13-33)14-15-34/h2-3,5-8,16,34H,4,9-15H2,1H3,(H,30,35). The molecule has 0 bridgehead atoms. The molecule has 2 N–H and O–H groups in total. The predicted molar refractivity (Wildman–Crippen MR) is 130 cm³/mol. The highest BCUT2D eigenvalue weighted by Gasteiger charge is 2.31. The van der Waals surface area contributed by atoms with E-state index in [0.717, 1.165) is 48.3 Å². The molecule has 4 rings (SSSR count). The van der Waals surface area contributed by atoms with Crippen molar-refractivity contribution in [3.63, 3.8) is 0 Å². The second-order valence-corrected chi connectivity index (χ2v) is 8.63. The Hall–Kier alpha value is -3.44. The predicted octanol–water partition coefficient (Wildman–Crippen LogP) is 3.52. The quantitative estimate of drug-likeness (QED) is 0.486. The number of aliphatic hydroxyl groups excluding tert-OH is 1. The van der Waals surface area contributed by atoms with E-state index in [-0.39, 0.29) is 24.7 Å². The van der Waals surface area contributed by atoms with E-state index < -0.39 is 6.36 Å². The Balaban J connectivity index is 1.35. The molecule has 1 aliphatic heterocycles. The lowest BCUT2D eigenvalue weighted by Gasteiger charge is -2.34. The summed E-state index contributed by atoms with van der Waals surface area (Å²) in [5.74, 6) is 0.171. The molecule has 1 amide bonds. The number of carbonyl (C=O) groups is 1. The van der Waals surface area contributed by atoms with Gasteiger partial charge >= 0.3 is 6.36 Å². The Kier molecular flexibility index (Phi) is 7.90. The van der Waals surface area contributed by atoms with Crippen molar-refractivity contribution in [1.29, 1.82) is 0 Å². The molecule has 3 aromatic rings. The molecule has 1 aliphatic rings. The fourth-order valence-electron chi connectivity index (χ4n) is 4.14. The SMILES string of the molecule is Cc1nc(N2CCN(CCO)CC2)nc2ccc(NC(=O)CCc3ccc(OC(F)(F)F)cc3)cc12. The maximum absolute atomic E-state index is 12.5. The van der Waals surface area contributed by atoms with Crippen LogP contribution in [-0.4, -0.2) is 71.6 Å². The molecule has 1 aromatic heterocycles. The number of ether oxygens (including phenoxy) is 1. The number of carbonyl (C=O) groups excluding carboxylic acids is 1. The van der Waals surface area contributed by atoms with Crippen LogP contribution in [0, 0.1) is 6.92 Å². The van der Waals surface area contributed by atoms with Crippen LogP contribution in [0.5, 0.6) is 5.75 Å². The second kappa shape index (κ2) is 11.1. The van der Waals surface area contributed by atoms with E-state index in [0.29, 0.717) is 24.6 Å². The number of alkyl halides is 3. The number of anilines is 2. The Morgan fingerprint density at radius 1 is 1.08 bits per heavy atom. The maximum atomic E-state index is 12.5. The number of benzene rings is 2. The van der Waals surface area contributed by atoms with Crippen LogP contribution in [0.15, 0.2) is 42.5 Å². The summed E-state index contributed by atoms with van der Waals surface area (Å²) >= 11 is 0. The number of rotatable bonds is 8. The Morgan fingerprint density at radius 3 is 2.47 bits per heavy atom. The molecule has 0 radical (unpaired) electrons. The van der Waals surface area contributed by atoms with Gasteiger partial charge in [-0.2, -0.15) is 0 Å². The van der Waals surface area contributed by atoms with E-state index in [1.807, 2.05) is 19.1 Å². The maximum Gasteiger partial charge on any atom is 0.573 e. The molecule has 8 nitrogen and oxygen atoms in total. The summed E-state index contributed by atoms with van der Waals surface area (Å²) in [6, 6.07) is 11.0. The first-order valence-electron chi connectivity index (χ1n) is 11.7. The first-order valence-corrected chi connectivity index (χ1v) is 11.7. The minimum Gasteiger partial charge on any atom is -0.406 e. The van der Waals surface area contributed by atoms with Gasteiger partial charge in [-0.1, -0.05) is 12.1 Å². The van der Waals surface area contributed by atoms with Crippen LogP contribution in [0.2, 0.25) is 0 Å². The van der Waals surface area contributed by atoms with Gasteiger partial charge in [0.25, 0.3) is 0 Å². The molecule has 192 valence electrons. The third kappa shape index (κ3) is 6.82. The molecule has 2 aromatic carbocycles. The summed E-state index contributed by atoms with van der Waals surface area (Å²) in [5, 5.41) is 12.8. The smallest absolute Gasteiger partial charge is 0.406 e. The zero-order valence-electron chi connectivity index (χ0n) is 19.9. The van der Waals surface area contributed by atoms with Crippen molar-refractivity contribution < 1.29 is 27.8 Å². The fourth-order valence-corrected chi connectivity index (χ4v) is 4.14. The molecule has 11 heteroatoms. The number of nitrogens with zero attached hydrogens (tertiary/aromatic N) is 4. The number of aryl methyl sites for hydroxylation is 2. The lowest BCUT2D eigenvalue weighted by molar-refractivity contribution is -0.274. The average Bonchev–Trinajstić information content (AvgIpc) is 2.84. The lowest BCUT2D eigenvalue weighted by atomic mass is 10.1. The monoisotopic (exact) mass is 503 g/mol. The minimum absolute atomic E-state index is 0.151. The van der Waals surface area contributed by atoms with Crippen LogP contribution in [0.25, 0.3) is 10.9 Å². The largest absolute Gasteiger partial charge is 0.573 e. The molecule has 0 unspecified atom stereocenters. The van der Waals surface area contributed by atoms with Gasteiger partial charge in [0.05, 0.1) is 17.8 Å². The third-order valence-corrected chi connectivity index (χ3v) is 6.03. The Morgan fingerprint density at radius 2 is 1.81 bits per heavy atom. The van der Waals surface area contributed by atoms with Crippen LogP contribution in [0.1, 0.15) is 17.7 Å². The van der Waals surface area contributed by atoms with Gasteiger partial charge in [-0.15, -0.1) is 13.2 Å². The second-order valence-electron chi connectivity index (χ2n) is 8.63. The molecular weight excluding hydrogens is 475 g/mol. The highest BCUT2D eigenvalue weighted by Crippen LogP contribution is 2.25. The lowest BCUT2D eigenvalue weighted by Crippen LogP contribution is -2.47. The van der Waals surface area contributed by atoms with Crippen molar-refractivity contribution in [3.8, 4) is 5.75 Å². The van der Waals surface area contributed by atoms with E-state index in [4.69, 9.17) is 10.1 Å². The number of nitrogens with one attached hydrogen (secondary N) is 1. The third-order valence-electron chi connectivity index (χ3n) is 6.03. The van der Waals surface area contributed by atoms with Gasteiger partial charge in [-0.25, -0.2) is 9.97 Å². The molecule has 36 heavy (non-hydrogen) atoms. The minimum atomic E-state index is -4.73. The van der Waals surface area contributed by atoms with Crippen molar-refractivity contribution in [1.82, 2.24) is 14.9 Å². The van der Waals surface area contributed by atoms with Crippen molar-refractivity contribution in [2.45, 2.75) is 26.1 Å². The van der Waals surface area contributed by atoms with Crippen LogP contribution in [-0.2, 0) is 11.2 Å². The number of β-amino-alcohol motifs (C(OH)–C–C–N with tert-alkyl or cyclic N) is 1. The van der Waals surface area contributed by atoms with Gasteiger partial charge in [-0.05, 0) is 49.2 Å². The van der Waals surface area contributed by atoms with E-state index in [1.54, 1.807) is 6.07 Å². The normalized spacial score (nSPS) is 14.8. The van der Waals surface area contributed by atoms with E-state index in [2.05, 4.69) is 24.8 Å². The van der Waals surface area contributed by atoms with E-state index in [1.165, 1.54) is 24.3 Å². The van der Waals surface area contributed by atoms with Gasteiger partial charge in [0.15, 0.2) is 0 Å². The highest BCUT2D eigenvalue weighted by atomic mass is 19.4. The molecule has 0 spiro atoms. The first kappa shape index (κ1) is 25.6. The van der Waals surface area contributed by atoms with Crippen LogP contribution >= 0.6 is 0 Å². The van der Waals surface area contributed by atoms with Crippen molar-refractivity contribution in [2.24, 2.45) is 0 Å². The summed E-state index contributed by atoms with van der Waals surface area (Å²) in [4.78, 5) is 26.2. The average molecular weight is 504 g/mol. The van der Waals surface area contributed by atoms with Gasteiger partial charge in [0.1, 0.15) is 5.75 Å². The topological polar surface area (TPSA) is 90.8 Å². The number of fused-ring (bicyclic) bond motifs is 1. The molecule has 1 saturated heterocycles. The number of piperazine rings is 1. The van der Waals surface area contributed by atoms with Gasteiger partial charge in [0.2, 0.25) is 11.9 Å². The summed E-state index contributed by atoms with van der Waals surface area (Å²) < 4.78 is 40.7. The number of hydrogen-bond donors (Lipinski definition) is 2. The number of hydrogen-bond acceptors (Lipinski definition) is 7. The van der Waals surface area contributed by atoms with Gasteiger partial charge in [0, 0.05) is 50.2 Å². The molecule has 0 aliphatic carbocycles. The molecule has 1 fully saturated rings. The van der Waals surface area contributed by atoms with Gasteiger partial charge < -0.3 is 20.1 Å². The van der Waals surface area contributed by atoms with Crippen molar-refractivity contribution in [2.75, 3.05) is 49.5 Å².